The molecular weight excluding hydrogens is 840 g/mol. The molecule has 0 unspecified atom stereocenters. The Morgan fingerprint density at radius 3 is 0.738 bits per heavy atom. The Balaban J connectivity index is 4.03. The van der Waals surface area contributed by atoms with Gasteiger partial charge in [0.15, 0.2) is 21.3 Å². The van der Waals surface area contributed by atoms with Gasteiger partial charge in [-0.25, -0.2) is 0 Å². The quantitative estimate of drug-likeness (QED) is 0.186. The second-order valence-electron chi connectivity index (χ2n) is 7.27. The Bertz CT molecular complexity index is 2040. The van der Waals surface area contributed by atoms with Crippen LogP contribution in [0.15, 0.2) is 38.3 Å². The SMILES string of the molecule is COc1c(-c2c(OC)c(S(=O)(=O)O)c(Br)c(S(=O)(=O)O)c2S(=O)(=O)O)c(S(=O)(=O)O)c(S(=O)(=O)O)c(Br)c1S(=O)(=O)O. The summed E-state index contributed by atoms with van der Waals surface area (Å²) < 4.78 is 214. The van der Waals surface area contributed by atoms with Crippen molar-refractivity contribution in [2.24, 2.45) is 0 Å². The van der Waals surface area contributed by atoms with Crippen molar-refractivity contribution in [3.05, 3.63) is 8.95 Å². The molecule has 0 amide bonds. The Morgan fingerprint density at radius 1 is 0.405 bits per heavy atom. The van der Waals surface area contributed by atoms with Crippen LogP contribution in [0.4, 0.5) is 0 Å². The molecule has 0 saturated heterocycles. The van der Waals surface area contributed by atoms with Crippen molar-refractivity contribution in [3.8, 4) is 22.6 Å². The fourth-order valence-corrected chi connectivity index (χ4v) is 12.8. The zero-order valence-corrected chi connectivity index (χ0v) is 27.7. The van der Waals surface area contributed by atoms with Gasteiger partial charge in [0, 0.05) is 0 Å². The normalized spacial score (nSPS) is 13.7. The molecule has 2 aromatic rings. The number of rotatable bonds is 9. The van der Waals surface area contributed by atoms with Gasteiger partial charge >= 0.3 is 0 Å². The molecule has 0 bridgehead atoms. The summed E-state index contributed by atoms with van der Waals surface area (Å²) in [5.41, 5.74) is -4.09. The molecule has 6 N–H and O–H groups in total. The fraction of sp³-hybridized carbons (Fsp3) is 0.143. The Labute approximate surface area is 253 Å². The molecule has 42 heavy (non-hydrogen) atoms. The average molecular weight is 852 g/mol. The van der Waals surface area contributed by atoms with Crippen molar-refractivity contribution in [2.45, 2.75) is 29.4 Å². The molecule has 0 aliphatic carbocycles. The lowest BCUT2D eigenvalue weighted by Gasteiger charge is -2.24. The Hall–Kier alpha value is -1.54. The van der Waals surface area contributed by atoms with Crippen molar-refractivity contribution in [3.63, 3.8) is 0 Å². The van der Waals surface area contributed by atoms with Crippen molar-refractivity contribution < 1.29 is 87.3 Å². The number of halogens is 2. The summed E-state index contributed by atoms with van der Waals surface area (Å²) >= 11 is 4.56. The number of ether oxygens (including phenoxy) is 2. The summed E-state index contributed by atoms with van der Waals surface area (Å²) in [7, 11) is -35.9. The van der Waals surface area contributed by atoms with Gasteiger partial charge in [0.1, 0.15) is 19.6 Å². The number of methoxy groups -OCH3 is 2. The van der Waals surface area contributed by atoms with E-state index < -0.39 is 122 Å². The standard InChI is InChI=1S/C14H12Br2O20S6/c1-35-7-3(9(37(17,18)19)13(41(29,30)31)5(15)11(7)39(23,24)25)4-8(36-2)12(40(26,27)28)6(16)14(42(32,33)34)10(4)38(20,21)22/h1-2H3,(H,17,18,19)(H,20,21,22)(H,23,24,25)(H,26,27,28)(H,29,30,31)(H,32,33,34). The topological polar surface area (TPSA) is 345 Å². The summed E-state index contributed by atoms with van der Waals surface area (Å²) in [6.45, 7) is 0. The zero-order valence-electron chi connectivity index (χ0n) is 19.6. The van der Waals surface area contributed by atoms with Gasteiger partial charge in [-0.2, -0.15) is 50.5 Å². The van der Waals surface area contributed by atoms with Crippen LogP contribution in [0, 0.1) is 0 Å². The lowest BCUT2D eigenvalue weighted by Crippen LogP contribution is -2.19. The molecule has 0 heterocycles. The lowest BCUT2D eigenvalue weighted by molar-refractivity contribution is 0.386. The van der Waals surface area contributed by atoms with Crippen molar-refractivity contribution in [1.82, 2.24) is 0 Å². The number of hydrogen-bond donors (Lipinski definition) is 6. The Morgan fingerprint density at radius 2 is 0.595 bits per heavy atom. The van der Waals surface area contributed by atoms with Crippen LogP contribution in [-0.4, -0.2) is 92.0 Å². The number of hydrogen-bond acceptors (Lipinski definition) is 14. The van der Waals surface area contributed by atoms with Gasteiger partial charge in [-0.1, -0.05) is 0 Å². The Kier molecular flexibility index (Phi) is 9.70. The highest BCUT2D eigenvalue weighted by Gasteiger charge is 2.46. The van der Waals surface area contributed by atoms with E-state index in [0.29, 0.717) is 14.2 Å². The molecule has 28 heteroatoms. The van der Waals surface area contributed by atoms with Crippen LogP contribution in [0.3, 0.4) is 0 Å². The summed E-state index contributed by atoms with van der Waals surface area (Å²) in [6.07, 6.45) is 0. The van der Waals surface area contributed by atoms with E-state index in [1.807, 2.05) is 0 Å². The third-order valence-corrected chi connectivity index (χ3v) is 13.1. The van der Waals surface area contributed by atoms with Crippen LogP contribution < -0.4 is 9.47 Å². The molecule has 0 aromatic heterocycles. The highest BCUT2D eigenvalue weighted by atomic mass is 79.9. The van der Waals surface area contributed by atoms with E-state index in [9.17, 15) is 77.8 Å². The van der Waals surface area contributed by atoms with E-state index in [1.165, 1.54) is 0 Å². The van der Waals surface area contributed by atoms with Crippen molar-refractivity contribution in [1.29, 1.82) is 0 Å². The van der Waals surface area contributed by atoms with E-state index in [-0.39, 0.29) is 0 Å². The van der Waals surface area contributed by atoms with Gasteiger partial charge in [-0.3, -0.25) is 27.3 Å². The van der Waals surface area contributed by atoms with Crippen LogP contribution in [0.25, 0.3) is 11.1 Å². The van der Waals surface area contributed by atoms with Gasteiger partial charge in [0.25, 0.3) is 60.7 Å². The largest absolute Gasteiger partial charge is 0.495 e. The first-order valence-electron chi connectivity index (χ1n) is 9.17. The highest BCUT2D eigenvalue weighted by Crippen LogP contribution is 2.56. The minimum absolute atomic E-state index is 0.423. The minimum atomic E-state index is -6.30. The molecule has 238 valence electrons. The van der Waals surface area contributed by atoms with Gasteiger partial charge in [-0.05, 0) is 31.9 Å². The molecule has 0 radical (unpaired) electrons. The van der Waals surface area contributed by atoms with Crippen LogP contribution in [0.2, 0.25) is 0 Å². The first kappa shape index (κ1) is 36.7. The second kappa shape index (κ2) is 11.1. The third kappa shape index (κ3) is 6.60. The summed E-state index contributed by atoms with van der Waals surface area (Å²) in [5, 5.41) is 0. The van der Waals surface area contributed by atoms with Gasteiger partial charge in [0.05, 0.1) is 34.3 Å². The smallest absolute Gasteiger partial charge is 0.299 e. The molecule has 0 saturated carbocycles. The summed E-state index contributed by atoms with van der Waals surface area (Å²) in [6, 6.07) is 0. The molecule has 0 atom stereocenters. The van der Waals surface area contributed by atoms with E-state index in [0.717, 1.165) is 0 Å². The van der Waals surface area contributed by atoms with E-state index in [2.05, 4.69) is 31.9 Å². The zero-order chi connectivity index (χ0) is 33.3. The molecule has 0 spiro atoms. The van der Waals surface area contributed by atoms with Gasteiger partial charge in [-0.15, -0.1) is 0 Å². The maximum absolute atomic E-state index is 12.6. The monoisotopic (exact) mass is 850 g/mol. The second-order valence-corrected chi connectivity index (χ2v) is 17.0. The molecule has 2 rings (SSSR count). The number of benzene rings is 2. The maximum Gasteiger partial charge on any atom is 0.299 e. The maximum atomic E-state index is 12.6. The predicted octanol–water partition coefficient (Wildman–Crippen LogP) is 0.376. The predicted molar refractivity (Wildman–Crippen MR) is 139 cm³/mol. The molecule has 20 nitrogen and oxygen atoms in total. The third-order valence-electron chi connectivity index (χ3n) is 4.74. The van der Waals surface area contributed by atoms with Crippen molar-refractivity contribution in [2.75, 3.05) is 14.2 Å². The van der Waals surface area contributed by atoms with Crippen LogP contribution in [-0.2, 0) is 60.7 Å². The summed E-state index contributed by atoms with van der Waals surface area (Å²) in [4.78, 5) is -12.9. The molecular formula is C14H12Br2O20S6. The van der Waals surface area contributed by atoms with E-state index in [1.54, 1.807) is 0 Å². The van der Waals surface area contributed by atoms with Gasteiger partial charge < -0.3 is 9.47 Å². The fourth-order valence-electron chi connectivity index (χ4n) is 3.52. The van der Waals surface area contributed by atoms with Crippen LogP contribution in [0.5, 0.6) is 11.5 Å². The van der Waals surface area contributed by atoms with Crippen LogP contribution >= 0.6 is 31.9 Å². The first-order chi connectivity index (χ1) is 18.5. The molecule has 0 fully saturated rings. The average Bonchev–Trinajstić information content (AvgIpc) is 2.72. The van der Waals surface area contributed by atoms with Crippen molar-refractivity contribution >= 4 is 92.6 Å². The first-order valence-corrected chi connectivity index (χ1v) is 19.4. The highest BCUT2D eigenvalue weighted by molar-refractivity contribution is 9.10. The molecule has 2 aromatic carbocycles. The van der Waals surface area contributed by atoms with E-state index in [4.69, 9.17) is 9.47 Å². The van der Waals surface area contributed by atoms with Gasteiger partial charge in [0.2, 0.25) is 0 Å². The molecule has 0 aliphatic rings. The molecule has 0 aliphatic heterocycles. The minimum Gasteiger partial charge on any atom is -0.495 e. The van der Waals surface area contributed by atoms with E-state index >= 15 is 0 Å². The van der Waals surface area contributed by atoms with Crippen LogP contribution in [0.1, 0.15) is 0 Å². The summed E-state index contributed by atoms with van der Waals surface area (Å²) in [5.74, 6) is -3.50. The lowest BCUT2D eigenvalue weighted by atomic mass is 10.0.